The summed E-state index contributed by atoms with van der Waals surface area (Å²) in [5.41, 5.74) is 4.22. The Kier molecular flexibility index (Phi) is 10.3. The molecule has 3 amide bonds. The van der Waals surface area contributed by atoms with Gasteiger partial charge in [0.1, 0.15) is 0 Å². The standard InChI is InChI=1S/C30H39N3O4/c1-5-8-9-10-11-22-12-14-24(15-13-22)28(34)31-25-18-16-23(17-19-25)27-26(29(35)37-7-3)21(4)33(20-6-2)30(36)32-27/h12-19,27H,5-11,20H2,1-4H3,(H,31,34)(H,32,36)/t27-/m1/s1. The minimum Gasteiger partial charge on any atom is -0.463 e. The van der Waals surface area contributed by atoms with Gasteiger partial charge in [0.25, 0.3) is 5.91 Å². The number of hydrogen-bond acceptors (Lipinski definition) is 4. The van der Waals surface area contributed by atoms with Gasteiger partial charge in [0.15, 0.2) is 0 Å². The van der Waals surface area contributed by atoms with Crippen molar-refractivity contribution in [2.24, 2.45) is 0 Å². The summed E-state index contributed by atoms with van der Waals surface area (Å²) in [5, 5.41) is 5.87. The maximum atomic E-state index is 12.8. The van der Waals surface area contributed by atoms with Gasteiger partial charge in [-0.05, 0) is 68.5 Å². The zero-order chi connectivity index (χ0) is 26.8. The molecule has 198 valence electrons. The second-order valence-electron chi connectivity index (χ2n) is 9.34. The molecule has 0 unspecified atom stereocenters. The number of allylic oxidation sites excluding steroid dienone is 1. The van der Waals surface area contributed by atoms with Crippen LogP contribution < -0.4 is 10.6 Å². The molecule has 0 saturated carbocycles. The first kappa shape index (κ1) is 28.0. The molecule has 0 bridgehead atoms. The van der Waals surface area contributed by atoms with Crippen LogP contribution in [-0.2, 0) is 16.0 Å². The number of carbonyl (C=O) groups is 3. The molecule has 3 rings (SSSR count). The zero-order valence-electron chi connectivity index (χ0n) is 22.4. The number of amides is 3. The van der Waals surface area contributed by atoms with Crippen LogP contribution in [-0.4, -0.2) is 36.0 Å². The van der Waals surface area contributed by atoms with E-state index in [1.165, 1.54) is 24.8 Å². The van der Waals surface area contributed by atoms with Crippen molar-refractivity contribution in [3.05, 3.63) is 76.5 Å². The van der Waals surface area contributed by atoms with Crippen LogP contribution in [0.4, 0.5) is 10.5 Å². The molecule has 2 aromatic rings. The van der Waals surface area contributed by atoms with E-state index in [4.69, 9.17) is 4.74 Å². The van der Waals surface area contributed by atoms with Gasteiger partial charge in [-0.1, -0.05) is 57.4 Å². The fourth-order valence-corrected chi connectivity index (χ4v) is 4.54. The Hall–Kier alpha value is -3.61. The monoisotopic (exact) mass is 505 g/mol. The van der Waals surface area contributed by atoms with Crippen LogP contribution in [0.1, 0.15) is 87.3 Å². The SMILES string of the molecule is CCCCCCc1ccc(C(=O)Nc2ccc([C@H]3NC(=O)N(CCC)C(C)=C3C(=O)OCC)cc2)cc1. The van der Waals surface area contributed by atoms with Crippen LogP contribution in [0.25, 0.3) is 0 Å². The van der Waals surface area contributed by atoms with Gasteiger partial charge in [0, 0.05) is 23.5 Å². The maximum Gasteiger partial charge on any atom is 0.338 e. The molecular weight excluding hydrogens is 466 g/mol. The molecule has 7 nitrogen and oxygen atoms in total. The lowest BCUT2D eigenvalue weighted by atomic mass is 9.94. The van der Waals surface area contributed by atoms with Crippen LogP contribution in [0.3, 0.4) is 0 Å². The molecule has 0 spiro atoms. The van der Waals surface area contributed by atoms with E-state index in [2.05, 4.69) is 17.6 Å². The quantitative estimate of drug-likeness (QED) is 0.259. The molecule has 1 aliphatic rings. The minimum absolute atomic E-state index is 0.186. The topological polar surface area (TPSA) is 87.7 Å². The maximum absolute atomic E-state index is 12.8. The molecule has 1 atom stereocenters. The molecule has 2 aromatic carbocycles. The van der Waals surface area contributed by atoms with E-state index in [0.717, 1.165) is 24.8 Å². The molecule has 0 saturated heterocycles. The van der Waals surface area contributed by atoms with Crippen molar-refractivity contribution in [1.82, 2.24) is 10.2 Å². The number of ether oxygens (including phenoxy) is 1. The van der Waals surface area contributed by atoms with Gasteiger partial charge in [-0.25, -0.2) is 9.59 Å². The fraction of sp³-hybridized carbons (Fsp3) is 0.433. The number of urea groups is 1. The molecule has 1 aliphatic heterocycles. The number of hydrogen-bond donors (Lipinski definition) is 2. The number of esters is 1. The Bertz CT molecular complexity index is 1110. The highest BCUT2D eigenvalue weighted by molar-refractivity contribution is 6.04. The third-order valence-electron chi connectivity index (χ3n) is 6.58. The van der Waals surface area contributed by atoms with Crippen LogP contribution in [0.5, 0.6) is 0 Å². The van der Waals surface area contributed by atoms with Crippen molar-refractivity contribution in [2.45, 2.75) is 72.3 Å². The Morgan fingerprint density at radius 1 is 0.946 bits per heavy atom. The lowest BCUT2D eigenvalue weighted by Gasteiger charge is -2.35. The van der Waals surface area contributed by atoms with Crippen molar-refractivity contribution < 1.29 is 19.1 Å². The number of carbonyl (C=O) groups excluding carboxylic acids is 3. The van der Waals surface area contributed by atoms with E-state index in [1.54, 1.807) is 30.9 Å². The van der Waals surface area contributed by atoms with Crippen LogP contribution >= 0.6 is 0 Å². The van der Waals surface area contributed by atoms with Gasteiger partial charge < -0.3 is 15.4 Å². The summed E-state index contributed by atoms with van der Waals surface area (Å²) in [6.45, 7) is 8.47. The van der Waals surface area contributed by atoms with Crippen LogP contribution in [0.15, 0.2) is 59.8 Å². The number of aryl methyl sites for hydroxylation is 1. The second kappa shape index (κ2) is 13.6. The average Bonchev–Trinajstić information content (AvgIpc) is 2.89. The Morgan fingerprint density at radius 3 is 2.27 bits per heavy atom. The lowest BCUT2D eigenvalue weighted by Crippen LogP contribution is -2.48. The largest absolute Gasteiger partial charge is 0.463 e. The molecule has 7 heteroatoms. The van der Waals surface area contributed by atoms with E-state index >= 15 is 0 Å². The van der Waals surface area contributed by atoms with E-state index in [1.807, 2.05) is 43.3 Å². The van der Waals surface area contributed by atoms with Gasteiger partial charge in [-0.15, -0.1) is 0 Å². The number of anilines is 1. The van der Waals surface area contributed by atoms with Crippen LogP contribution in [0.2, 0.25) is 0 Å². The summed E-state index contributed by atoms with van der Waals surface area (Å²) in [6.07, 6.45) is 6.66. The number of unbranched alkanes of at least 4 members (excludes halogenated alkanes) is 3. The van der Waals surface area contributed by atoms with E-state index < -0.39 is 12.0 Å². The van der Waals surface area contributed by atoms with Crippen LogP contribution in [0, 0.1) is 0 Å². The van der Waals surface area contributed by atoms with E-state index in [0.29, 0.717) is 29.1 Å². The predicted molar refractivity (Wildman–Crippen MR) is 146 cm³/mol. The van der Waals surface area contributed by atoms with Crippen molar-refractivity contribution >= 4 is 23.6 Å². The summed E-state index contributed by atoms with van der Waals surface area (Å²) < 4.78 is 5.30. The van der Waals surface area contributed by atoms with Crippen molar-refractivity contribution in [2.75, 3.05) is 18.5 Å². The molecular formula is C30H39N3O4. The molecule has 0 fully saturated rings. The first-order chi connectivity index (χ1) is 17.9. The molecule has 0 aromatic heterocycles. The fourth-order valence-electron chi connectivity index (χ4n) is 4.54. The van der Waals surface area contributed by atoms with Gasteiger partial charge in [-0.2, -0.15) is 0 Å². The number of nitrogens with zero attached hydrogens (tertiary/aromatic N) is 1. The first-order valence-corrected chi connectivity index (χ1v) is 13.4. The lowest BCUT2D eigenvalue weighted by molar-refractivity contribution is -0.139. The first-order valence-electron chi connectivity index (χ1n) is 13.4. The van der Waals surface area contributed by atoms with E-state index in [9.17, 15) is 14.4 Å². The summed E-state index contributed by atoms with van der Waals surface area (Å²) in [6, 6.07) is 14.0. The molecule has 0 radical (unpaired) electrons. The molecule has 0 aliphatic carbocycles. The number of nitrogens with one attached hydrogen (secondary N) is 2. The van der Waals surface area contributed by atoms with Gasteiger partial charge in [-0.3, -0.25) is 9.69 Å². The number of rotatable bonds is 12. The Labute approximate surface area is 220 Å². The summed E-state index contributed by atoms with van der Waals surface area (Å²) >= 11 is 0. The Balaban J connectivity index is 1.71. The van der Waals surface area contributed by atoms with Crippen molar-refractivity contribution in [3.8, 4) is 0 Å². The van der Waals surface area contributed by atoms with Crippen molar-refractivity contribution in [1.29, 1.82) is 0 Å². The highest BCUT2D eigenvalue weighted by Gasteiger charge is 2.36. The average molecular weight is 506 g/mol. The predicted octanol–water partition coefficient (Wildman–Crippen LogP) is 6.38. The second-order valence-corrected chi connectivity index (χ2v) is 9.34. The number of benzene rings is 2. The molecule has 2 N–H and O–H groups in total. The summed E-state index contributed by atoms with van der Waals surface area (Å²) in [4.78, 5) is 39.9. The highest BCUT2D eigenvalue weighted by atomic mass is 16.5. The third-order valence-corrected chi connectivity index (χ3v) is 6.58. The smallest absolute Gasteiger partial charge is 0.338 e. The van der Waals surface area contributed by atoms with Crippen molar-refractivity contribution in [3.63, 3.8) is 0 Å². The van der Waals surface area contributed by atoms with E-state index in [-0.39, 0.29) is 18.5 Å². The molecule has 1 heterocycles. The van der Waals surface area contributed by atoms with Gasteiger partial charge >= 0.3 is 12.0 Å². The normalized spacial score (nSPS) is 15.4. The third kappa shape index (κ3) is 7.21. The molecule has 37 heavy (non-hydrogen) atoms. The minimum atomic E-state index is -0.630. The Morgan fingerprint density at radius 2 is 1.65 bits per heavy atom. The summed E-state index contributed by atoms with van der Waals surface area (Å²) in [5.74, 6) is -0.633. The van der Waals surface area contributed by atoms with Gasteiger partial charge in [0.05, 0.1) is 18.2 Å². The van der Waals surface area contributed by atoms with Gasteiger partial charge in [0.2, 0.25) is 0 Å². The highest BCUT2D eigenvalue weighted by Crippen LogP contribution is 2.32. The summed E-state index contributed by atoms with van der Waals surface area (Å²) in [7, 11) is 0. The zero-order valence-corrected chi connectivity index (χ0v) is 22.4.